The van der Waals surface area contributed by atoms with Crippen molar-refractivity contribution in [1.29, 1.82) is 0 Å². The Morgan fingerprint density at radius 3 is 2.16 bits per heavy atom. The third-order valence-corrected chi connectivity index (χ3v) is 7.81. The minimum absolute atomic E-state index is 0.0500. The number of aryl methyl sites for hydroxylation is 1. The SMILES string of the molecule is C/C(=N\NC(=O)c1ccccc1N(Cc1ccccc1)S(=O)(=O)c1ccc(C)cc1)c1ccc(Cl)cc1. The molecule has 0 aromatic heterocycles. The van der Waals surface area contributed by atoms with Crippen molar-refractivity contribution in [1.82, 2.24) is 5.43 Å². The Bertz CT molecular complexity index is 1520. The van der Waals surface area contributed by atoms with Crippen molar-refractivity contribution >= 4 is 38.9 Å². The monoisotopic (exact) mass is 531 g/mol. The molecule has 0 atom stereocenters. The molecule has 1 amide bonds. The van der Waals surface area contributed by atoms with Crippen molar-refractivity contribution in [3.8, 4) is 0 Å². The fourth-order valence-electron chi connectivity index (χ4n) is 3.72. The normalized spacial score (nSPS) is 11.7. The van der Waals surface area contributed by atoms with Crippen molar-refractivity contribution in [2.75, 3.05) is 4.31 Å². The van der Waals surface area contributed by atoms with Gasteiger partial charge < -0.3 is 0 Å². The summed E-state index contributed by atoms with van der Waals surface area (Å²) in [6, 6.07) is 29.6. The highest BCUT2D eigenvalue weighted by Gasteiger charge is 2.28. The molecule has 4 aromatic carbocycles. The van der Waals surface area contributed by atoms with Gasteiger partial charge in [-0.3, -0.25) is 9.10 Å². The summed E-state index contributed by atoms with van der Waals surface area (Å²) < 4.78 is 29.0. The number of hydrogen-bond acceptors (Lipinski definition) is 4. The summed E-state index contributed by atoms with van der Waals surface area (Å²) in [6.45, 7) is 3.71. The van der Waals surface area contributed by atoms with E-state index in [1.54, 1.807) is 79.7 Å². The van der Waals surface area contributed by atoms with Gasteiger partial charge in [0.2, 0.25) is 0 Å². The number of rotatable bonds is 8. The van der Waals surface area contributed by atoms with E-state index in [0.717, 1.165) is 16.7 Å². The van der Waals surface area contributed by atoms with Gasteiger partial charge in [-0.25, -0.2) is 13.8 Å². The van der Waals surface area contributed by atoms with Crippen LogP contribution in [0.15, 0.2) is 113 Å². The molecular weight excluding hydrogens is 506 g/mol. The molecule has 0 aliphatic carbocycles. The molecule has 8 heteroatoms. The van der Waals surface area contributed by atoms with Crippen LogP contribution in [0.25, 0.3) is 0 Å². The Morgan fingerprint density at radius 1 is 0.865 bits per heavy atom. The highest BCUT2D eigenvalue weighted by Crippen LogP contribution is 2.29. The Morgan fingerprint density at radius 2 is 1.49 bits per heavy atom. The molecule has 0 radical (unpaired) electrons. The smallest absolute Gasteiger partial charge is 0.267 e. The Kier molecular flexibility index (Phi) is 8.06. The summed E-state index contributed by atoms with van der Waals surface area (Å²) in [6.07, 6.45) is 0. The number of halogens is 1. The molecule has 6 nitrogen and oxygen atoms in total. The molecule has 0 spiro atoms. The summed E-state index contributed by atoms with van der Waals surface area (Å²) in [5.74, 6) is -0.527. The lowest BCUT2D eigenvalue weighted by Crippen LogP contribution is -2.33. The summed E-state index contributed by atoms with van der Waals surface area (Å²) in [5.41, 5.74) is 6.11. The minimum atomic E-state index is -4.00. The number of sulfonamides is 1. The van der Waals surface area contributed by atoms with Crippen LogP contribution in [0.2, 0.25) is 5.02 Å². The second-order valence-electron chi connectivity index (χ2n) is 8.47. The summed E-state index contributed by atoms with van der Waals surface area (Å²) in [5, 5.41) is 4.82. The number of benzene rings is 4. The summed E-state index contributed by atoms with van der Waals surface area (Å²) >= 11 is 5.95. The number of carbonyl (C=O) groups is 1. The van der Waals surface area contributed by atoms with E-state index in [2.05, 4.69) is 10.5 Å². The van der Waals surface area contributed by atoms with Gasteiger partial charge in [-0.05, 0) is 61.4 Å². The topological polar surface area (TPSA) is 78.8 Å². The number of amides is 1. The summed E-state index contributed by atoms with van der Waals surface area (Å²) in [7, 11) is -4.00. The quantitative estimate of drug-likeness (QED) is 0.217. The van der Waals surface area contributed by atoms with Crippen molar-refractivity contribution in [2.24, 2.45) is 5.10 Å². The second-order valence-corrected chi connectivity index (χ2v) is 10.8. The van der Waals surface area contributed by atoms with Gasteiger partial charge in [0.05, 0.1) is 28.4 Å². The van der Waals surface area contributed by atoms with Crippen LogP contribution >= 0.6 is 11.6 Å². The number of hydrazone groups is 1. The van der Waals surface area contributed by atoms with Gasteiger partial charge >= 0.3 is 0 Å². The molecule has 37 heavy (non-hydrogen) atoms. The molecule has 4 rings (SSSR count). The van der Waals surface area contributed by atoms with Gasteiger partial charge in [-0.1, -0.05) is 83.9 Å². The number of para-hydroxylation sites is 1. The van der Waals surface area contributed by atoms with E-state index in [9.17, 15) is 13.2 Å². The van der Waals surface area contributed by atoms with Gasteiger partial charge in [0.15, 0.2) is 0 Å². The predicted octanol–water partition coefficient (Wildman–Crippen LogP) is 6.20. The standard InChI is InChI=1S/C29H26ClN3O3S/c1-21-12-18-26(19-13-21)37(35,36)33(20-23-8-4-3-5-9-23)28-11-7-6-10-27(28)29(34)32-31-22(2)24-14-16-25(30)17-15-24/h3-19H,20H2,1-2H3,(H,32,34)/b31-22+. The van der Waals surface area contributed by atoms with Gasteiger partial charge in [0, 0.05) is 5.02 Å². The van der Waals surface area contributed by atoms with Crippen LogP contribution in [0.3, 0.4) is 0 Å². The second kappa shape index (κ2) is 11.4. The maximum atomic E-state index is 13.9. The van der Waals surface area contributed by atoms with E-state index < -0.39 is 15.9 Å². The van der Waals surface area contributed by atoms with E-state index in [1.807, 2.05) is 37.3 Å². The molecule has 0 saturated heterocycles. The Balaban J connectivity index is 1.72. The van der Waals surface area contributed by atoms with E-state index in [1.165, 1.54) is 4.31 Å². The third kappa shape index (κ3) is 6.25. The third-order valence-electron chi connectivity index (χ3n) is 5.78. The number of hydrogen-bond donors (Lipinski definition) is 1. The molecular formula is C29H26ClN3O3S. The first-order valence-corrected chi connectivity index (χ1v) is 13.4. The van der Waals surface area contributed by atoms with Gasteiger partial charge in [0.25, 0.3) is 15.9 Å². The van der Waals surface area contributed by atoms with Crippen LogP contribution in [0.1, 0.15) is 34.0 Å². The lowest BCUT2D eigenvalue weighted by atomic mass is 10.1. The average molecular weight is 532 g/mol. The number of carbonyl (C=O) groups excluding carboxylic acids is 1. The lowest BCUT2D eigenvalue weighted by molar-refractivity contribution is 0.0955. The Hall–Kier alpha value is -3.94. The zero-order valence-corrected chi connectivity index (χ0v) is 22.0. The van der Waals surface area contributed by atoms with Crippen LogP contribution in [0, 0.1) is 6.92 Å². The van der Waals surface area contributed by atoms with Gasteiger partial charge in [-0.2, -0.15) is 5.10 Å². The van der Waals surface area contributed by atoms with Crippen LogP contribution in [0.5, 0.6) is 0 Å². The van der Waals surface area contributed by atoms with Gasteiger partial charge in [-0.15, -0.1) is 0 Å². The number of anilines is 1. The highest BCUT2D eigenvalue weighted by atomic mass is 35.5. The average Bonchev–Trinajstić information content (AvgIpc) is 2.91. The largest absolute Gasteiger partial charge is 0.273 e. The van der Waals surface area contributed by atoms with Crippen LogP contribution < -0.4 is 9.73 Å². The molecule has 0 saturated carbocycles. The molecule has 0 heterocycles. The number of nitrogens with one attached hydrogen (secondary N) is 1. The highest BCUT2D eigenvalue weighted by molar-refractivity contribution is 7.92. The molecule has 0 aliphatic rings. The molecule has 0 unspecified atom stereocenters. The minimum Gasteiger partial charge on any atom is -0.267 e. The molecule has 0 aliphatic heterocycles. The van der Waals surface area contributed by atoms with Crippen LogP contribution in [0.4, 0.5) is 5.69 Å². The molecule has 0 bridgehead atoms. The molecule has 1 N–H and O–H groups in total. The number of nitrogens with zero attached hydrogens (tertiary/aromatic N) is 2. The van der Waals surface area contributed by atoms with Crippen molar-refractivity contribution in [2.45, 2.75) is 25.3 Å². The van der Waals surface area contributed by atoms with E-state index >= 15 is 0 Å². The first kappa shape index (κ1) is 26.1. The van der Waals surface area contributed by atoms with Crippen LogP contribution in [-0.2, 0) is 16.6 Å². The lowest BCUT2D eigenvalue weighted by Gasteiger charge is -2.26. The van der Waals surface area contributed by atoms with Gasteiger partial charge in [0.1, 0.15) is 0 Å². The van der Waals surface area contributed by atoms with Crippen molar-refractivity contribution in [3.05, 3.63) is 130 Å². The van der Waals surface area contributed by atoms with Crippen molar-refractivity contribution in [3.63, 3.8) is 0 Å². The van der Waals surface area contributed by atoms with E-state index in [0.29, 0.717) is 10.7 Å². The molecule has 0 fully saturated rings. The molecule has 4 aromatic rings. The maximum absolute atomic E-state index is 13.9. The zero-order valence-electron chi connectivity index (χ0n) is 20.4. The summed E-state index contributed by atoms with van der Waals surface area (Å²) in [4.78, 5) is 13.4. The Labute approximate surface area is 222 Å². The fraction of sp³-hybridized carbons (Fsp3) is 0.103. The van der Waals surface area contributed by atoms with Crippen LogP contribution in [-0.4, -0.2) is 20.0 Å². The van der Waals surface area contributed by atoms with E-state index in [-0.39, 0.29) is 22.7 Å². The molecule has 188 valence electrons. The van der Waals surface area contributed by atoms with E-state index in [4.69, 9.17) is 11.6 Å². The first-order chi connectivity index (χ1) is 17.8. The predicted molar refractivity (Wildman–Crippen MR) is 149 cm³/mol. The maximum Gasteiger partial charge on any atom is 0.273 e. The van der Waals surface area contributed by atoms with Crippen molar-refractivity contribution < 1.29 is 13.2 Å². The zero-order chi connectivity index (χ0) is 26.4. The first-order valence-electron chi connectivity index (χ1n) is 11.6. The fourth-order valence-corrected chi connectivity index (χ4v) is 5.32.